The average molecular weight is 301 g/mol. The first kappa shape index (κ1) is 17.0. The predicted octanol–water partition coefficient (Wildman–Crippen LogP) is 1.80. The van der Waals surface area contributed by atoms with E-state index in [1.807, 2.05) is 18.5 Å². The summed E-state index contributed by atoms with van der Waals surface area (Å²) in [5, 5.41) is 7.36. The van der Waals surface area contributed by atoms with Gasteiger partial charge in [0.1, 0.15) is 0 Å². The lowest BCUT2D eigenvalue weighted by Gasteiger charge is -2.11. The Hall–Kier alpha value is -1.07. The summed E-state index contributed by atoms with van der Waals surface area (Å²) in [6.45, 7) is 7.34. The largest absolute Gasteiger partial charge is 0.350 e. The van der Waals surface area contributed by atoms with Gasteiger partial charge in [-0.1, -0.05) is 6.92 Å². The van der Waals surface area contributed by atoms with Crippen molar-refractivity contribution in [3.8, 4) is 0 Å². The number of halogens is 1. The van der Waals surface area contributed by atoms with E-state index in [-0.39, 0.29) is 24.4 Å². The molecule has 0 saturated heterocycles. The minimum atomic E-state index is -0.0477. The highest BCUT2D eigenvalue weighted by atomic mass is 35.5. The molecule has 0 aromatic carbocycles. The van der Waals surface area contributed by atoms with E-state index in [4.69, 9.17) is 5.73 Å². The van der Waals surface area contributed by atoms with Crippen molar-refractivity contribution in [3.63, 3.8) is 0 Å². The predicted molar refractivity (Wildman–Crippen MR) is 82.3 cm³/mol. The highest BCUT2D eigenvalue weighted by Gasteiger charge is 2.29. The molecule has 1 aliphatic rings. The molecule has 1 unspecified atom stereocenters. The molecule has 6 heteroatoms. The summed E-state index contributed by atoms with van der Waals surface area (Å²) < 4.78 is 1.91. The van der Waals surface area contributed by atoms with Crippen LogP contribution in [0.5, 0.6) is 0 Å². The molecule has 20 heavy (non-hydrogen) atoms. The van der Waals surface area contributed by atoms with Crippen LogP contribution in [0.2, 0.25) is 0 Å². The molecule has 5 nitrogen and oxygen atoms in total. The second-order valence-electron chi connectivity index (χ2n) is 5.48. The number of aryl methyl sites for hydroxylation is 2. The lowest BCUT2D eigenvalue weighted by molar-refractivity contribution is 0.0949. The number of hydrogen-bond acceptors (Lipinski definition) is 3. The first-order valence-corrected chi connectivity index (χ1v) is 7.12. The Labute approximate surface area is 126 Å². The van der Waals surface area contributed by atoms with Crippen molar-refractivity contribution in [1.82, 2.24) is 15.1 Å². The van der Waals surface area contributed by atoms with Crippen molar-refractivity contribution in [1.29, 1.82) is 0 Å². The van der Waals surface area contributed by atoms with Crippen LogP contribution in [0.1, 0.15) is 47.9 Å². The minimum absolute atomic E-state index is 0. The fraction of sp³-hybridized carbons (Fsp3) is 0.714. The quantitative estimate of drug-likeness (QED) is 0.841. The summed E-state index contributed by atoms with van der Waals surface area (Å²) >= 11 is 0. The van der Waals surface area contributed by atoms with Gasteiger partial charge in [0.05, 0.1) is 11.3 Å². The van der Waals surface area contributed by atoms with Crippen molar-refractivity contribution in [2.75, 3.05) is 6.54 Å². The maximum absolute atomic E-state index is 12.2. The average Bonchev–Trinajstić information content (AvgIpc) is 3.16. The maximum atomic E-state index is 12.2. The van der Waals surface area contributed by atoms with Crippen LogP contribution in [-0.4, -0.2) is 28.3 Å². The lowest BCUT2D eigenvalue weighted by Crippen LogP contribution is -2.38. The highest BCUT2D eigenvalue weighted by Crippen LogP contribution is 2.31. The fourth-order valence-electron chi connectivity index (χ4n) is 2.45. The van der Waals surface area contributed by atoms with Crippen LogP contribution in [0.15, 0.2) is 0 Å². The Morgan fingerprint density at radius 2 is 2.15 bits per heavy atom. The van der Waals surface area contributed by atoms with Crippen molar-refractivity contribution >= 4 is 18.3 Å². The Balaban J connectivity index is 0.00000200. The Morgan fingerprint density at radius 1 is 1.50 bits per heavy atom. The van der Waals surface area contributed by atoms with E-state index in [1.165, 1.54) is 12.8 Å². The van der Waals surface area contributed by atoms with Gasteiger partial charge in [-0.05, 0) is 39.0 Å². The topological polar surface area (TPSA) is 72.9 Å². The molecule has 0 bridgehead atoms. The molecule has 1 aliphatic carbocycles. The number of rotatable bonds is 6. The van der Waals surface area contributed by atoms with Crippen molar-refractivity contribution in [2.24, 2.45) is 11.7 Å². The zero-order valence-corrected chi connectivity index (χ0v) is 13.3. The Kier molecular flexibility index (Phi) is 6.02. The molecule has 0 radical (unpaired) electrons. The van der Waals surface area contributed by atoms with Gasteiger partial charge in [-0.15, -0.1) is 12.4 Å². The summed E-state index contributed by atoms with van der Waals surface area (Å²) in [7, 11) is 0. The van der Waals surface area contributed by atoms with Gasteiger partial charge in [-0.2, -0.15) is 5.10 Å². The molecule has 1 aromatic heterocycles. The highest BCUT2D eigenvalue weighted by molar-refractivity contribution is 5.96. The molecule has 1 aromatic rings. The van der Waals surface area contributed by atoms with E-state index in [1.54, 1.807) is 0 Å². The zero-order chi connectivity index (χ0) is 14.0. The van der Waals surface area contributed by atoms with Gasteiger partial charge >= 0.3 is 0 Å². The zero-order valence-electron chi connectivity index (χ0n) is 12.5. The van der Waals surface area contributed by atoms with Crippen LogP contribution in [0.3, 0.4) is 0 Å². The molecule has 1 amide bonds. The van der Waals surface area contributed by atoms with Gasteiger partial charge in [0.15, 0.2) is 0 Å². The van der Waals surface area contributed by atoms with E-state index in [0.717, 1.165) is 24.4 Å². The van der Waals surface area contributed by atoms with Crippen molar-refractivity contribution < 1.29 is 4.79 Å². The van der Waals surface area contributed by atoms with Crippen molar-refractivity contribution in [2.45, 2.75) is 52.6 Å². The molecule has 2 rings (SSSR count). The van der Waals surface area contributed by atoms with Gasteiger partial charge in [-0.3, -0.25) is 9.48 Å². The van der Waals surface area contributed by atoms with Gasteiger partial charge < -0.3 is 11.1 Å². The van der Waals surface area contributed by atoms with E-state index in [0.29, 0.717) is 18.0 Å². The van der Waals surface area contributed by atoms with Crippen LogP contribution in [0, 0.1) is 19.8 Å². The van der Waals surface area contributed by atoms with Crippen LogP contribution >= 0.6 is 12.4 Å². The molecule has 0 aliphatic heterocycles. The third kappa shape index (κ3) is 3.73. The monoisotopic (exact) mass is 300 g/mol. The van der Waals surface area contributed by atoms with E-state index >= 15 is 0 Å². The summed E-state index contributed by atoms with van der Waals surface area (Å²) in [4.78, 5) is 12.2. The number of nitrogens with zero attached hydrogens (tertiary/aromatic N) is 2. The third-order valence-corrected chi connectivity index (χ3v) is 3.77. The van der Waals surface area contributed by atoms with E-state index < -0.39 is 0 Å². The molecule has 114 valence electrons. The number of carbonyl (C=O) groups is 1. The Morgan fingerprint density at radius 3 is 2.70 bits per heavy atom. The summed E-state index contributed by atoms with van der Waals surface area (Å²) in [6.07, 6.45) is 3.41. The van der Waals surface area contributed by atoms with Crippen LogP contribution in [0.25, 0.3) is 0 Å². The third-order valence-electron chi connectivity index (χ3n) is 3.77. The molecule has 1 atom stereocenters. The number of carbonyl (C=O) groups excluding carboxylic acids is 1. The number of amides is 1. The standard InChI is InChI=1S/C14H24N4O.ClH/c1-4-7-18-10(3)13(9(2)17-18)14(19)16-8-12(15)11-5-6-11;/h11-12H,4-8,15H2,1-3H3,(H,16,19);1H. The molecule has 3 N–H and O–H groups in total. The second-order valence-corrected chi connectivity index (χ2v) is 5.48. The smallest absolute Gasteiger partial charge is 0.255 e. The lowest BCUT2D eigenvalue weighted by atomic mass is 10.1. The number of nitrogens with one attached hydrogen (secondary N) is 1. The second kappa shape index (κ2) is 7.09. The molecule has 0 spiro atoms. The minimum Gasteiger partial charge on any atom is -0.350 e. The van der Waals surface area contributed by atoms with Crippen LogP contribution < -0.4 is 11.1 Å². The van der Waals surface area contributed by atoms with E-state index in [2.05, 4.69) is 17.3 Å². The normalized spacial score (nSPS) is 15.6. The van der Waals surface area contributed by atoms with E-state index in [9.17, 15) is 4.79 Å². The van der Waals surface area contributed by atoms with Crippen LogP contribution in [-0.2, 0) is 6.54 Å². The number of nitrogens with two attached hydrogens (primary N) is 1. The molecule has 1 saturated carbocycles. The molecular formula is C14H25ClN4O. The van der Waals surface area contributed by atoms with Crippen molar-refractivity contribution in [3.05, 3.63) is 17.0 Å². The summed E-state index contributed by atoms with van der Waals surface area (Å²) in [5.74, 6) is 0.554. The van der Waals surface area contributed by atoms with Gasteiger partial charge in [0, 0.05) is 24.8 Å². The van der Waals surface area contributed by atoms with Gasteiger partial charge in [0.25, 0.3) is 5.91 Å². The first-order chi connectivity index (χ1) is 9.04. The summed E-state index contributed by atoms with van der Waals surface area (Å²) in [5.41, 5.74) is 8.44. The SMILES string of the molecule is CCCn1nc(C)c(C(=O)NCC(N)C2CC2)c1C.Cl. The summed E-state index contributed by atoms with van der Waals surface area (Å²) in [6, 6.07) is 0.0928. The fourth-order valence-corrected chi connectivity index (χ4v) is 2.45. The Bertz CT molecular complexity index is 468. The van der Waals surface area contributed by atoms with Gasteiger partial charge in [0.2, 0.25) is 0 Å². The molecule has 1 heterocycles. The number of hydrogen-bond donors (Lipinski definition) is 2. The molecule has 1 fully saturated rings. The first-order valence-electron chi connectivity index (χ1n) is 7.12. The maximum Gasteiger partial charge on any atom is 0.255 e. The van der Waals surface area contributed by atoms with Gasteiger partial charge in [-0.25, -0.2) is 0 Å². The van der Waals surface area contributed by atoms with Crippen LogP contribution in [0.4, 0.5) is 0 Å². The number of aromatic nitrogens is 2. The molecular weight excluding hydrogens is 276 g/mol.